The lowest BCUT2D eigenvalue weighted by atomic mass is 10.2. The van der Waals surface area contributed by atoms with Crippen molar-refractivity contribution >= 4 is 11.8 Å². The number of pyridine rings is 1. The van der Waals surface area contributed by atoms with E-state index >= 15 is 0 Å². The van der Waals surface area contributed by atoms with Gasteiger partial charge in [0.1, 0.15) is 0 Å². The molecule has 0 aliphatic carbocycles. The maximum atomic E-state index is 11.9. The second-order valence-electron chi connectivity index (χ2n) is 4.65. The van der Waals surface area contributed by atoms with Crippen molar-refractivity contribution in [2.45, 2.75) is 6.42 Å². The van der Waals surface area contributed by atoms with Crippen molar-refractivity contribution in [3.8, 4) is 5.75 Å². The van der Waals surface area contributed by atoms with Gasteiger partial charge in [0.2, 0.25) is 0 Å². The first-order valence-corrected chi connectivity index (χ1v) is 6.58. The predicted octanol–water partition coefficient (Wildman–Crippen LogP) is 1.12. The lowest BCUT2D eigenvalue weighted by Crippen LogP contribution is -2.44. The van der Waals surface area contributed by atoms with Crippen molar-refractivity contribution in [3.05, 3.63) is 18.5 Å². The molecule has 1 aromatic rings. The molecule has 0 unspecified atom stereocenters. The Morgan fingerprint density at radius 1 is 1.26 bits per heavy atom. The van der Waals surface area contributed by atoms with Gasteiger partial charge in [-0.15, -0.1) is 0 Å². The summed E-state index contributed by atoms with van der Waals surface area (Å²) in [7, 11) is 0. The van der Waals surface area contributed by atoms with Crippen LogP contribution in [0.25, 0.3) is 0 Å². The number of anilines is 1. The Hall–Kier alpha value is -1.82. The van der Waals surface area contributed by atoms with Crippen molar-refractivity contribution in [1.29, 1.82) is 0 Å². The van der Waals surface area contributed by atoms with Crippen LogP contribution in [0.15, 0.2) is 18.5 Å². The van der Waals surface area contributed by atoms with Crippen LogP contribution >= 0.6 is 0 Å². The van der Waals surface area contributed by atoms with E-state index in [1.54, 1.807) is 17.3 Å². The molecule has 3 heterocycles. The minimum absolute atomic E-state index is 0.284. The predicted molar refractivity (Wildman–Crippen MR) is 69.5 cm³/mol. The highest BCUT2D eigenvalue weighted by Crippen LogP contribution is 2.28. The van der Waals surface area contributed by atoms with Gasteiger partial charge in [-0.1, -0.05) is 0 Å². The zero-order chi connectivity index (χ0) is 13.1. The third kappa shape index (κ3) is 2.63. The fourth-order valence-corrected chi connectivity index (χ4v) is 2.17. The first-order valence-electron chi connectivity index (χ1n) is 6.58. The molecule has 0 saturated carbocycles. The molecule has 19 heavy (non-hydrogen) atoms. The maximum Gasteiger partial charge on any atom is 0.415 e. The van der Waals surface area contributed by atoms with Crippen molar-refractivity contribution in [3.63, 3.8) is 0 Å². The Bertz CT molecular complexity index is 456. The van der Waals surface area contributed by atoms with E-state index in [0.29, 0.717) is 19.0 Å². The van der Waals surface area contributed by atoms with Crippen LogP contribution < -0.4 is 9.64 Å². The van der Waals surface area contributed by atoms with E-state index in [9.17, 15) is 4.79 Å². The number of carbonyl (C=O) groups excluding carboxylic acids is 1. The molecule has 2 aliphatic rings. The summed E-state index contributed by atoms with van der Waals surface area (Å²) in [5.74, 6) is 0.529. The van der Waals surface area contributed by atoms with Gasteiger partial charge in [-0.25, -0.2) is 4.79 Å². The van der Waals surface area contributed by atoms with Gasteiger partial charge in [0.15, 0.2) is 5.75 Å². The summed E-state index contributed by atoms with van der Waals surface area (Å²) in [4.78, 5) is 19.8. The average Bonchev–Trinajstić information content (AvgIpc) is 2.38. The molecule has 2 fully saturated rings. The fourth-order valence-electron chi connectivity index (χ4n) is 2.17. The molecule has 1 aromatic heterocycles. The van der Waals surface area contributed by atoms with Gasteiger partial charge in [-0.3, -0.25) is 4.98 Å². The smallest absolute Gasteiger partial charge is 0.406 e. The summed E-state index contributed by atoms with van der Waals surface area (Å²) in [5, 5.41) is 0. The SMILES string of the molecule is O=C(Oc1cnccc1N1CCOCC1)N1CCC1. The quantitative estimate of drug-likeness (QED) is 0.800. The van der Waals surface area contributed by atoms with Crippen LogP contribution in [0, 0.1) is 0 Å². The number of aromatic nitrogens is 1. The second kappa shape index (κ2) is 5.44. The van der Waals surface area contributed by atoms with Gasteiger partial charge in [0.25, 0.3) is 0 Å². The monoisotopic (exact) mass is 263 g/mol. The van der Waals surface area contributed by atoms with Gasteiger partial charge < -0.3 is 19.3 Å². The van der Waals surface area contributed by atoms with E-state index in [1.807, 2.05) is 6.07 Å². The first-order chi connectivity index (χ1) is 9.34. The minimum Gasteiger partial charge on any atom is -0.406 e. The fraction of sp³-hybridized carbons (Fsp3) is 0.538. The molecule has 6 nitrogen and oxygen atoms in total. The minimum atomic E-state index is -0.284. The van der Waals surface area contributed by atoms with E-state index in [-0.39, 0.29) is 6.09 Å². The topological polar surface area (TPSA) is 54.9 Å². The number of morpholine rings is 1. The van der Waals surface area contributed by atoms with E-state index in [1.165, 1.54) is 0 Å². The van der Waals surface area contributed by atoms with Crippen LogP contribution in [0.2, 0.25) is 0 Å². The molecule has 1 amide bonds. The van der Waals surface area contributed by atoms with Crippen LogP contribution in [0.4, 0.5) is 10.5 Å². The highest BCUT2D eigenvalue weighted by molar-refractivity contribution is 5.74. The summed E-state index contributed by atoms with van der Waals surface area (Å²) in [6.45, 7) is 4.57. The molecule has 0 N–H and O–H groups in total. The van der Waals surface area contributed by atoms with Crippen LogP contribution in [0.1, 0.15) is 6.42 Å². The molecule has 3 rings (SSSR count). The van der Waals surface area contributed by atoms with E-state index in [4.69, 9.17) is 9.47 Å². The number of nitrogens with zero attached hydrogens (tertiary/aromatic N) is 3. The van der Waals surface area contributed by atoms with Crippen LogP contribution in [-0.4, -0.2) is 55.4 Å². The van der Waals surface area contributed by atoms with E-state index in [2.05, 4.69) is 9.88 Å². The molecule has 0 radical (unpaired) electrons. The molecule has 0 bridgehead atoms. The Morgan fingerprint density at radius 3 is 2.74 bits per heavy atom. The van der Waals surface area contributed by atoms with Gasteiger partial charge >= 0.3 is 6.09 Å². The molecule has 0 atom stereocenters. The summed E-state index contributed by atoms with van der Waals surface area (Å²) in [6.07, 6.45) is 4.08. The Morgan fingerprint density at radius 2 is 2.05 bits per heavy atom. The first kappa shape index (κ1) is 12.2. The molecular weight excluding hydrogens is 246 g/mol. The van der Waals surface area contributed by atoms with Gasteiger partial charge in [0.05, 0.1) is 25.1 Å². The van der Waals surface area contributed by atoms with Crippen LogP contribution in [0.5, 0.6) is 5.75 Å². The van der Waals surface area contributed by atoms with Crippen LogP contribution in [-0.2, 0) is 4.74 Å². The van der Waals surface area contributed by atoms with Crippen molar-refractivity contribution in [1.82, 2.24) is 9.88 Å². The number of hydrogen-bond donors (Lipinski definition) is 0. The van der Waals surface area contributed by atoms with Crippen LogP contribution in [0.3, 0.4) is 0 Å². The Balaban J connectivity index is 1.74. The molecule has 6 heteroatoms. The third-order valence-corrected chi connectivity index (χ3v) is 3.43. The molecule has 102 valence electrons. The summed E-state index contributed by atoms with van der Waals surface area (Å²) >= 11 is 0. The van der Waals surface area contributed by atoms with Crippen molar-refractivity contribution in [2.24, 2.45) is 0 Å². The number of ether oxygens (including phenoxy) is 2. The van der Waals surface area contributed by atoms with E-state index in [0.717, 1.165) is 38.3 Å². The highest BCUT2D eigenvalue weighted by Gasteiger charge is 2.24. The van der Waals surface area contributed by atoms with Crippen molar-refractivity contribution < 1.29 is 14.3 Å². The number of amides is 1. The average molecular weight is 263 g/mol. The largest absolute Gasteiger partial charge is 0.415 e. The molecular formula is C13H17N3O3. The summed E-state index contributed by atoms with van der Waals surface area (Å²) < 4.78 is 10.8. The van der Waals surface area contributed by atoms with E-state index < -0.39 is 0 Å². The number of hydrogen-bond acceptors (Lipinski definition) is 5. The summed E-state index contributed by atoms with van der Waals surface area (Å²) in [5.41, 5.74) is 0.909. The number of likely N-dealkylation sites (tertiary alicyclic amines) is 1. The van der Waals surface area contributed by atoms with Gasteiger partial charge in [-0.05, 0) is 12.5 Å². The molecule has 2 aliphatic heterocycles. The standard InChI is InChI=1S/C13H17N3O3/c17-13(16-4-1-5-16)19-12-10-14-3-2-11(12)15-6-8-18-9-7-15/h2-3,10H,1,4-9H2. The van der Waals surface area contributed by atoms with Gasteiger partial charge in [-0.2, -0.15) is 0 Å². The second-order valence-corrected chi connectivity index (χ2v) is 4.65. The van der Waals surface area contributed by atoms with Gasteiger partial charge in [0, 0.05) is 32.4 Å². The highest BCUT2D eigenvalue weighted by atomic mass is 16.6. The molecule has 2 saturated heterocycles. The lowest BCUT2D eigenvalue weighted by Gasteiger charge is -2.32. The zero-order valence-corrected chi connectivity index (χ0v) is 10.7. The zero-order valence-electron chi connectivity index (χ0n) is 10.7. The lowest BCUT2D eigenvalue weighted by molar-refractivity contribution is 0.120. The Kier molecular flexibility index (Phi) is 3.50. The Labute approximate surface area is 111 Å². The molecule has 0 spiro atoms. The number of carbonyl (C=O) groups is 1. The van der Waals surface area contributed by atoms with Crippen molar-refractivity contribution in [2.75, 3.05) is 44.3 Å². The molecule has 0 aromatic carbocycles. The normalized spacial score (nSPS) is 18.9. The maximum absolute atomic E-state index is 11.9. The third-order valence-electron chi connectivity index (χ3n) is 3.43. The summed E-state index contributed by atoms with van der Waals surface area (Å²) in [6, 6.07) is 1.88. The number of rotatable bonds is 2.